The fourth-order valence-corrected chi connectivity index (χ4v) is 3.44. The number of rotatable bonds is 5. The van der Waals surface area contributed by atoms with Gasteiger partial charge in [0.05, 0.1) is 0 Å². The van der Waals surface area contributed by atoms with Gasteiger partial charge in [-0.15, -0.1) is 0 Å². The zero-order valence-corrected chi connectivity index (χ0v) is 11.0. The van der Waals surface area contributed by atoms with Gasteiger partial charge >= 0.3 is 0 Å². The highest BCUT2D eigenvalue weighted by molar-refractivity contribution is 4.73. The van der Waals surface area contributed by atoms with Gasteiger partial charge < -0.3 is 5.32 Å². The first kappa shape index (κ1) is 12.4. The maximum atomic E-state index is 3.70. The first-order valence-corrected chi connectivity index (χ1v) is 7.55. The molecule has 1 heteroatoms. The minimum atomic E-state index is 0.986. The second-order valence-electron chi connectivity index (χ2n) is 6.27. The van der Waals surface area contributed by atoms with E-state index in [-0.39, 0.29) is 0 Å². The Morgan fingerprint density at radius 2 is 1.56 bits per heavy atom. The normalized spacial score (nSPS) is 32.1. The van der Waals surface area contributed by atoms with Crippen LogP contribution in [0.2, 0.25) is 0 Å². The molecule has 0 aliphatic heterocycles. The molecule has 2 saturated carbocycles. The second kappa shape index (κ2) is 6.64. The SMILES string of the molecule is CC1CCC(CNCCC2CCCC2)CC1. The summed E-state index contributed by atoms with van der Waals surface area (Å²) >= 11 is 0. The summed E-state index contributed by atoms with van der Waals surface area (Å²) in [5.41, 5.74) is 0. The number of hydrogen-bond acceptors (Lipinski definition) is 1. The van der Waals surface area contributed by atoms with Crippen LogP contribution in [0.3, 0.4) is 0 Å². The molecule has 0 heterocycles. The monoisotopic (exact) mass is 223 g/mol. The fourth-order valence-electron chi connectivity index (χ4n) is 3.44. The van der Waals surface area contributed by atoms with Crippen LogP contribution < -0.4 is 5.32 Å². The molecule has 0 bridgehead atoms. The zero-order valence-electron chi connectivity index (χ0n) is 11.0. The van der Waals surface area contributed by atoms with Crippen molar-refractivity contribution in [1.82, 2.24) is 5.32 Å². The van der Waals surface area contributed by atoms with E-state index in [1.807, 2.05) is 0 Å². The van der Waals surface area contributed by atoms with Gasteiger partial charge in [-0.3, -0.25) is 0 Å². The first-order valence-electron chi connectivity index (χ1n) is 7.55. The average molecular weight is 223 g/mol. The average Bonchev–Trinajstić information content (AvgIpc) is 2.80. The molecule has 2 rings (SSSR count). The van der Waals surface area contributed by atoms with Crippen molar-refractivity contribution in [2.24, 2.45) is 17.8 Å². The lowest BCUT2D eigenvalue weighted by atomic mass is 9.83. The molecule has 1 N–H and O–H groups in total. The van der Waals surface area contributed by atoms with E-state index in [2.05, 4.69) is 12.2 Å². The Balaban J connectivity index is 1.48. The lowest BCUT2D eigenvalue weighted by molar-refractivity contribution is 0.280. The quantitative estimate of drug-likeness (QED) is 0.695. The topological polar surface area (TPSA) is 12.0 Å². The van der Waals surface area contributed by atoms with E-state index in [0.29, 0.717) is 0 Å². The summed E-state index contributed by atoms with van der Waals surface area (Å²) in [5, 5.41) is 3.70. The maximum absolute atomic E-state index is 3.70. The van der Waals surface area contributed by atoms with Crippen LogP contribution in [0.1, 0.15) is 64.7 Å². The highest BCUT2D eigenvalue weighted by atomic mass is 14.9. The van der Waals surface area contributed by atoms with Crippen molar-refractivity contribution in [1.29, 1.82) is 0 Å². The van der Waals surface area contributed by atoms with Crippen LogP contribution in [0, 0.1) is 17.8 Å². The summed E-state index contributed by atoms with van der Waals surface area (Å²) in [6.07, 6.45) is 13.3. The van der Waals surface area contributed by atoms with Gasteiger partial charge in [0.25, 0.3) is 0 Å². The Morgan fingerprint density at radius 1 is 0.875 bits per heavy atom. The van der Waals surface area contributed by atoms with Gasteiger partial charge in [0.2, 0.25) is 0 Å². The van der Waals surface area contributed by atoms with Crippen molar-refractivity contribution < 1.29 is 0 Å². The highest BCUT2D eigenvalue weighted by Crippen LogP contribution is 2.28. The third-order valence-corrected chi connectivity index (χ3v) is 4.77. The third-order valence-electron chi connectivity index (χ3n) is 4.77. The molecule has 0 unspecified atom stereocenters. The van der Waals surface area contributed by atoms with Crippen molar-refractivity contribution >= 4 is 0 Å². The summed E-state index contributed by atoms with van der Waals surface area (Å²) in [7, 11) is 0. The molecule has 0 aromatic rings. The molecular formula is C15H29N. The lowest BCUT2D eigenvalue weighted by Crippen LogP contribution is -2.27. The van der Waals surface area contributed by atoms with Crippen LogP contribution in [0.5, 0.6) is 0 Å². The Morgan fingerprint density at radius 3 is 2.25 bits per heavy atom. The Labute approximate surface area is 101 Å². The third kappa shape index (κ3) is 4.08. The van der Waals surface area contributed by atoms with Crippen LogP contribution in [-0.2, 0) is 0 Å². The summed E-state index contributed by atoms with van der Waals surface area (Å²) in [5.74, 6) is 3.04. The van der Waals surface area contributed by atoms with E-state index >= 15 is 0 Å². The molecule has 0 aromatic heterocycles. The van der Waals surface area contributed by atoms with Gasteiger partial charge in [-0.25, -0.2) is 0 Å². The fraction of sp³-hybridized carbons (Fsp3) is 1.00. The van der Waals surface area contributed by atoms with Gasteiger partial charge in [-0.05, 0) is 50.1 Å². The minimum absolute atomic E-state index is 0.986. The standard InChI is InChI=1S/C15H29N/c1-13-6-8-15(9-7-13)12-16-11-10-14-4-2-3-5-14/h13-16H,2-12H2,1H3. The van der Waals surface area contributed by atoms with Crippen molar-refractivity contribution in [2.45, 2.75) is 64.7 Å². The molecule has 2 aliphatic rings. The largest absolute Gasteiger partial charge is 0.316 e. The molecule has 0 atom stereocenters. The summed E-state index contributed by atoms with van der Waals surface area (Å²) in [6.45, 7) is 4.97. The van der Waals surface area contributed by atoms with Gasteiger partial charge in [0.15, 0.2) is 0 Å². The van der Waals surface area contributed by atoms with Crippen molar-refractivity contribution in [3.8, 4) is 0 Å². The molecule has 1 nitrogen and oxygen atoms in total. The van der Waals surface area contributed by atoms with Gasteiger partial charge in [0, 0.05) is 0 Å². The lowest BCUT2D eigenvalue weighted by Gasteiger charge is -2.26. The van der Waals surface area contributed by atoms with E-state index in [9.17, 15) is 0 Å². The Kier molecular flexibility index (Phi) is 5.15. The minimum Gasteiger partial charge on any atom is -0.316 e. The van der Waals surface area contributed by atoms with Crippen LogP contribution in [0.4, 0.5) is 0 Å². The molecular weight excluding hydrogens is 194 g/mol. The number of hydrogen-bond donors (Lipinski definition) is 1. The summed E-state index contributed by atoms with van der Waals surface area (Å²) < 4.78 is 0. The van der Waals surface area contributed by atoms with E-state index < -0.39 is 0 Å². The maximum Gasteiger partial charge on any atom is -0.00205 e. The van der Waals surface area contributed by atoms with Crippen LogP contribution in [-0.4, -0.2) is 13.1 Å². The molecule has 0 saturated heterocycles. The Hall–Kier alpha value is -0.0400. The van der Waals surface area contributed by atoms with Crippen molar-refractivity contribution in [3.63, 3.8) is 0 Å². The highest BCUT2D eigenvalue weighted by Gasteiger charge is 2.18. The van der Waals surface area contributed by atoms with E-state index in [4.69, 9.17) is 0 Å². The van der Waals surface area contributed by atoms with E-state index in [0.717, 1.165) is 17.8 Å². The van der Waals surface area contributed by atoms with Gasteiger partial charge in [-0.1, -0.05) is 45.4 Å². The second-order valence-corrected chi connectivity index (χ2v) is 6.27. The molecule has 0 amide bonds. The van der Waals surface area contributed by atoms with Crippen LogP contribution in [0.25, 0.3) is 0 Å². The van der Waals surface area contributed by atoms with Gasteiger partial charge in [0.1, 0.15) is 0 Å². The molecule has 2 aliphatic carbocycles. The van der Waals surface area contributed by atoms with E-state index in [1.165, 1.54) is 70.9 Å². The molecule has 0 radical (unpaired) electrons. The predicted octanol–water partition coefficient (Wildman–Crippen LogP) is 3.98. The number of nitrogens with one attached hydrogen (secondary N) is 1. The van der Waals surface area contributed by atoms with Crippen molar-refractivity contribution in [3.05, 3.63) is 0 Å². The van der Waals surface area contributed by atoms with E-state index in [1.54, 1.807) is 0 Å². The zero-order chi connectivity index (χ0) is 11.2. The van der Waals surface area contributed by atoms with Gasteiger partial charge in [-0.2, -0.15) is 0 Å². The first-order chi connectivity index (χ1) is 7.84. The predicted molar refractivity (Wildman–Crippen MR) is 70.6 cm³/mol. The molecule has 0 aromatic carbocycles. The van der Waals surface area contributed by atoms with Crippen molar-refractivity contribution in [2.75, 3.05) is 13.1 Å². The summed E-state index contributed by atoms with van der Waals surface area (Å²) in [6, 6.07) is 0. The summed E-state index contributed by atoms with van der Waals surface area (Å²) in [4.78, 5) is 0. The molecule has 0 spiro atoms. The molecule has 94 valence electrons. The van der Waals surface area contributed by atoms with Crippen LogP contribution >= 0.6 is 0 Å². The molecule has 2 fully saturated rings. The molecule has 16 heavy (non-hydrogen) atoms. The smallest absolute Gasteiger partial charge is 0.00205 e. The van der Waals surface area contributed by atoms with Crippen LogP contribution in [0.15, 0.2) is 0 Å². The Bertz CT molecular complexity index is 176.